The van der Waals surface area contributed by atoms with Crippen LogP contribution in [0.4, 0.5) is 17.1 Å². The second-order valence-corrected chi connectivity index (χ2v) is 13.2. The molecule has 0 spiro atoms. The summed E-state index contributed by atoms with van der Waals surface area (Å²) >= 11 is 0. The van der Waals surface area contributed by atoms with Crippen LogP contribution in [0.2, 0.25) is 0 Å². The van der Waals surface area contributed by atoms with E-state index in [1.54, 1.807) is 13.0 Å². The zero-order valence-electron chi connectivity index (χ0n) is 20.8. The predicted molar refractivity (Wildman–Crippen MR) is 146 cm³/mol. The number of nitriles is 1. The van der Waals surface area contributed by atoms with Crippen molar-refractivity contribution < 1.29 is 30.5 Å². The quantitative estimate of drug-likeness (QED) is 0.189. The molecule has 39 heavy (non-hydrogen) atoms. The lowest BCUT2D eigenvalue weighted by atomic mass is 10.1. The molecule has 3 rings (SSSR count). The van der Waals surface area contributed by atoms with E-state index in [2.05, 4.69) is 5.87 Å². The van der Waals surface area contributed by atoms with Gasteiger partial charge in [0.25, 0.3) is 20.0 Å². The van der Waals surface area contributed by atoms with Gasteiger partial charge in [0.05, 0.1) is 15.4 Å². The van der Waals surface area contributed by atoms with Gasteiger partial charge in [0.15, 0.2) is 15.7 Å². The number of nitrogens with one attached hydrogen (secondary N) is 2. The molecular formula is C23H23N5O8S3. The number of para-hydroxylation sites is 1. The van der Waals surface area contributed by atoms with Crippen LogP contribution in [-0.4, -0.2) is 36.4 Å². The summed E-state index contributed by atoms with van der Waals surface area (Å²) in [6.07, 6.45) is 0. The van der Waals surface area contributed by atoms with Gasteiger partial charge in [-0.3, -0.25) is 19.4 Å². The highest BCUT2D eigenvalue weighted by Crippen LogP contribution is 2.39. The zero-order valence-corrected chi connectivity index (χ0v) is 23.2. The Morgan fingerprint density at radius 1 is 1.00 bits per heavy atom. The maximum atomic E-state index is 14.1. The third kappa shape index (κ3) is 6.19. The van der Waals surface area contributed by atoms with Gasteiger partial charge in [0, 0.05) is 0 Å². The molecule has 13 nitrogen and oxygen atoms in total. The summed E-state index contributed by atoms with van der Waals surface area (Å²) in [5, 5.41) is 21.5. The molecule has 0 heterocycles. The fourth-order valence-corrected chi connectivity index (χ4v) is 7.78. The second-order valence-electron chi connectivity index (χ2n) is 8.37. The minimum Gasteiger partial charge on any atom is -0.299 e. The van der Waals surface area contributed by atoms with Gasteiger partial charge >= 0.3 is 5.69 Å². The highest BCUT2D eigenvalue weighted by Gasteiger charge is 2.38. The maximum Gasteiger partial charge on any atom is 0.319 e. The topological polar surface area (TPSA) is 200 Å². The summed E-state index contributed by atoms with van der Waals surface area (Å²) in [6.45, 7) is 4.67. The Hall–Kier alpha value is -4.01. The van der Waals surface area contributed by atoms with Gasteiger partial charge in [0.2, 0.25) is 0 Å². The van der Waals surface area contributed by atoms with Crippen LogP contribution in [0, 0.1) is 42.2 Å². The van der Waals surface area contributed by atoms with E-state index >= 15 is 0 Å². The standard InChI is InChI=1S/C23H23N5O8S3/c1-15-12-16(2)23(17(3)13-15)39(35,36)27(26-38(33,34)21-11-6-5-8-18(21)14-24)20-10-7-9-19(22(20)28(29)30)25-37(4,31)32/h5-13,26H,4H2,1-3H3,(H2,25,31,32). The van der Waals surface area contributed by atoms with Crippen molar-refractivity contribution in [2.45, 2.75) is 30.6 Å². The molecule has 1 unspecified atom stereocenters. The van der Waals surface area contributed by atoms with E-state index in [9.17, 15) is 41.0 Å². The summed E-state index contributed by atoms with van der Waals surface area (Å²) in [4.78, 5) is 12.1. The van der Waals surface area contributed by atoms with Gasteiger partial charge in [-0.1, -0.05) is 35.9 Å². The van der Waals surface area contributed by atoms with Crippen molar-refractivity contribution in [3.05, 3.63) is 87.0 Å². The number of nitro groups is 1. The number of hydrogen-bond acceptors (Lipinski definition) is 8. The smallest absolute Gasteiger partial charge is 0.299 e. The number of nitro benzene ring substituents is 1. The van der Waals surface area contributed by atoms with E-state index in [4.69, 9.17) is 0 Å². The lowest BCUT2D eigenvalue weighted by Gasteiger charge is -2.27. The van der Waals surface area contributed by atoms with Crippen LogP contribution in [0.1, 0.15) is 22.3 Å². The Morgan fingerprint density at radius 3 is 2.13 bits per heavy atom. The number of anilines is 2. The highest BCUT2D eigenvalue weighted by molar-refractivity contribution is 7.96. The highest BCUT2D eigenvalue weighted by atomic mass is 32.2. The van der Waals surface area contributed by atoms with Crippen molar-refractivity contribution in [3.8, 4) is 6.07 Å². The Balaban J connectivity index is 2.41. The summed E-state index contributed by atoms with van der Waals surface area (Å²) in [6, 6.07) is 12.8. The fraction of sp³-hybridized carbons (Fsp3) is 0.130. The molecule has 16 heteroatoms. The zero-order chi connectivity index (χ0) is 29.3. The molecule has 1 atom stereocenters. The fourth-order valence-electron chi connectivity index (χ4n) is 3.99. The molecule has 3 aromatic rings. The molecule has 0 bridgehead atoms. The van der Waals surface area contributed by atoms with Crippen molar-refractivity contribution in [2.75, 3.05) is 9.14 Å². The van der Waals surface area contributed by atoms with E-state index in [0.29, 0.717) is 5.56 Å². The predicted octanol–water partition coefficient (Wildman–Crippen LogP) is 3.00. The van der Waals surface area contributed by atoms with Crippen molar-refractivity contribution in [3.63, 3.8) is 0 Å². The van der Waals surface area contributed by atoms with Crippen LogP contribution in [0.15, 0.2) is 64.4 Å². The molecule has 0 aliphatic rings. The minimum absolute atomic E-state index is 0.104. The normalized spacial score (nSPS) is 13.2. The van der Waals surface area contributed by atoms with Gasteiger partial charge in [-0.2, -0.15) is 18.1 Å². The number of hydrazine groups is 1. The number of aryl methyl sites for hydroxylation is 3. The molecule has 0 saturated heterocycles. The number of hydrogen-bond donors (Lipinski definition) is 3. The van der Waals surface area contributed by atoms with E-state index in [1.807, 2.05) is 9.55 Å². The Bertz CT molecular complexity index is 1830. The molecule has 3 aromatic carbocycles. The van der Waals surface area contributed by atoms with Crippen LogP contribution in [0.25, 0.3) is 0 Å². The third-order valence-electron chi connectivity index (χ3n) is 5.29. The lowest BCUT2D eigenvalue weighted by molar-refractivity contribution is -0.383. The molecule has 206 valence electrons. The maximum absolute atomic E-state index is 14.1. The van der Waals surface area contributed by atoms with Gasteiger partial charge in [-0.05, 0) is 62.0 Å². The molecular weight excluding hydrogens is 570 g/mol. The molecule has 0 aliphatic carbocycles. The SMILES string of the molecule is C=S(=O)(O)Nc1cccc(N(NS(=O)(=O)c2ccccc2C#N)S(=O)(=O)c2c(C)cc(C)cc2C)c1[N+](=O)[O-]. The van der Waals surface area contributed by atoms with Crippen LogP contribution in [0.5, 0.6) is 0 Å². The molecule has 0 saturated carbocycles. The van der Waals surface area contributed by atoms with Gasteiger partial charge in [0.1, 0.15) is 16.7 Å². The van der Waals surface area contributed by atoms with Crippen LogP contribution in [0.3, 0.4) is 0 Å². The summed E-state index contributed by atoms with van der Waals surface area (Å²) in [7, 11) is -13.8. The molecule has 3 N–H and O–H groups in total. The van der Waals surface area contributed by atoms with Gasteiger partial charge < -0.3 is 0 Å². The molecule has 0 aromatic heterocycles. The van der Waals surface area contributed by atoms with Crippen molar-refractivity contribution in [1.29, 1.82) is 5.26 Å². The molecule has 0 fully saturated rings. The van der Waals surface area contributed by atoms with E-state index < -0.39 is 56.9 Å². The van der Waals surface area contributed by atoms with E-state index in [0.717, 1.165) is 24.3 Å². The summed E-state index contributed by atoms with van der Waals surface area (Å²) in [5.41, 5.74) is -1.59. The Labute approximate surface area is 225 Å². The second kappa shape index (κ2) is 10.6. The monoisotopic (exact) mass is 593 g/mol. The number of sulfonamides is 2. The first-order valence-corrected chi connectivity index (χ1v) is 15.4. The van der Waals surface area contributed by atoms with Crippen molar-refractivity contribution in [1.82, 2.24) is 4.83 Å². The van der Waals surface area contributed by atoms with Crippen molar-refractivity contribution >= 4 is 53.0 Å². The average molecular weight is 594 g/mol. The first kappa shape index (κ1) is 29.5. The lowest BCUT2D eigenvalue weighted by Crippen LogP contribution is -2.47. The summed E-state index contributed by atoms with van der Waals surface area (Å²) < 4.78 is 78.6. The Morgan fingerprint density at radius 2 is 1.59 bits per heavy atom. The first-order chi connectivity index (χ1) is 18.0. The molecule has 0 radical (unpaired) electrons. The van der Waals surface area contributed by atoms with E-state index in [1.165, 1.54) is 44.2 Å². The number of nitrogens with zero attached hydrogens (tertiary/aromatic N) is 3. The minimum atomic E-state index is -4.93. The van der Waals surface area contributed by atoms with Crippen LogP contribution >= 0.6 is 0 Å². The average Bonchev–Trinajstić information content (AvgIpc) is 2.80. The molecule has 0 aliphatic heterocycles. The molecule has 0 amide bonds. The largest absolute Gasteiger partial charge is 0.319 e. The first-order valence-electron chi connectivity index (χ1n) is 10.8. The third-order valence-corrected chi connectivity index (χ3v) is 9.23. The van der Waals surface area contributed by atoms with E-state index in [-0.39, 0.29) is 26.0 Å². The Kier molecular flexibility index (Phi) is 8.05. The number of benzene rings is 3. The van der Waals surface area contributed by atoms with Crippen LogP contribution in [-0.2, 0) is 30.0 Å². The summed E-state index contributed by atoms with van der Waals surface area (Å²) in [5.74, 6) is 2.96. The van der Waals surface area contributed by atoms with Crippen molar-refractivity contribution in [2.24, 2.45) is 0 Å². The van der Waals surface area contributed by atoms with Gasteiger partial charge in [-0.25, -0.2) is 12.6 Å². The number of rotatable bonds is 9. The van der Waals surface area contributed by atoms with Crippen LogP contribution < -0.4 is 14.0 Å². The van der Waals surface area contributed by atoms with Gasteiger partial charge in [-0.15, -0.1) is 4.83 Å².